The van der Waals surface area contributed by atoms with Gasteiger partial charge in [0.2, 0.25) is 0 Å². The van der Waals surface area contributed by atoms with Crippen molar-refractivity contribution in [3.8, 4) is 0 Å². The summed E-state index contributed by atoms with van der Waals surface area (Å²) in [6.45, 7) is 1.95. The van der Waals surface area contributed by atoms with Gasteiger partial charge in [0.1, 0.15) is 0 Å². The van der Waals surface area contributed by atoms with Gasteiger partial charge in [-0.3, -0.25) is 0 Å². The number of fused-ring (bicyclic) bond motifs is 2. The number of hydrogen-bond donors (Lipinski definition) is 0. The first-order valence-electron chi connectivity index (χ1n) is 7.64. The van der Waals surface area contributed by atoms with Crippen molar-refractivity contribution in [2.75, 3.05) is 0 Å². The molecule has 0 spiro atoms. The van der Waals surface area contributed by atoms with E-state index in [4.69, 9.17) is 23.2 Å². The summed E-state index contributed by atoms with van der Waals surface area (Å²) in [6.07, 6.45) is 15.9. The Morgan fingerprint density at radius 3 is 2.04 bits per heavy atom. The number of halogens is 2. The van der Waals surface area contributed by atoms with Crippen molar-refractivity contribution in [2.24, 2.45) is 0 Å². The lowest BCUT2D eigenvalue weighted by molar-refractivity contribution is 0.979. The summed E-state index contributed by atoms with van der Waals surface area (Å²) in [5.41, 5.74) is 3.27. The second-order valence-electron chi connectivity index (χ2n) is 5.95. The summed E-state index contributed by atoms with van der Waals surface area (Å²) >= 11 is 16.7. The lowest BCUT2D eigenvalue weighted by Gasteiger charge is -2.38. The summed E-state index contributed by atoms with van der Waals surface area (Å²) in [4.78, 5) is 0. The van der Waals surface area contributed by atoms with Crippen LogP contribution in [0.4, 0.5) is 0 Å². The van der Waals surface area contributed by atoms with E-state index in [0.717, 1.165) is 21.2 Å². The number of benzene rings is 1. The van der Waals surface area contributed by atoms with Crippen LogP contribution in [0.15, 0.2) is 54.7 Å². The predicted molar refractivity (Wildman–Crippen MR) is 107 cm³/mol. The van der Waals surface area contributed by atoms with Gasteiger partial charge >= 0.3 is 0 Å². The lowest BCUT2D eigenvalue weighted by atomic mass is 9.98. The molecule has 4 heteroatoms. The Morgan fingerprint density at radius 2 is 1.39 bits per heavy atom. The maximum absolute atomic E-state index is 6.31. The van der Waals surface area contributed by atoms with Crippen molar-refractivity contribution in [3.05, 3.63) is 75.8 Å². The molecule has 0 saturated carbocycles. The van der Waals surface area contributed by atoms with Crippen molar-refractivity contribution in [3.63, 3.8) is 0 Å². The van der Waals surface area contributed by atoms with Crippen LogP contribution in [0.1, 0.15) is 11.1 Å². The zero-order valence-corrected chi connectivity index (χ0v) is 15.7. The first-order chi connectivity index (χ1) is 11.1. The van der Waals surface area contributed by atoms with E-state index < -0.39 is 0 Å². The van der Waals surface area contributed by atoms with Crippen LogP contribution in [0.2, 0.25) is 10.0 Å². The van der Waals surface area contributed by atoms with Crippen LogP contribution in [0, 0.1) is 6.92 Å². The summed E-state index contributed by atoms with van der Waals surface area (Å²) in [7, 11) is 0. The largest absolute Gasteiger partial charge is 0.144 e. The number of allylic oxidation sites excluding steroid dienone is 4. The van der Waals surface area contributed by atoms with Crippen molar-refractivity contribution in [2.45, 2.75) is 27.9 Å². The molecule has 4 atom stereocenters. The van der Waals surface area contributed by atoms with Crippen molar-refractivity contribution in [1.82, 2.24) is 0 Å². The number of thioether (sulfide) groups is 2. The van der Waals surface area contributed by atoms with Crippen LogP contribution >= 0.6 is 46.7 Å². The highest BCUT2D eigenvalue weighted by Crippen LogP contribution is 2.47. The van der Waals surface area contributed by atoms with Crippen LogP contribution in [-0.2, 0) is 0 Å². The Morgan fingerprint density at radius 1 is 0.826 bits per heavy atom. The smallest absolute Gasteiger partial charge is 0.0456 e. The standard InChI is InChI=1S/C19H16Cl2S2/c1-11-14(20)8-13(9-15(11)21)12-6-7-18-19(10-12)23-17-5-3-2-4-16(17)22-18/h2-10,16-19H,1H3. The van der Waals surface area contributed by atoms with E-state index in [0.29, 0.717) is 21.0 Å². The fraction of sp³-hybridized carbons (Fsp3) is 0.263. The van der Waals surface area contributed by atoms with Crippen LogP contribution in [0.25, 0.3) is 5.57 Å². The first-order valence-corrected chi connectivity index (χ1v) is 10.3. The van der Waals surface area contributed by atoms with E-state index in [1.54, 1.807) is 0 Å². The molecule has 1 heterocycles. The number of hydrogen-bond acceptors (Lipinski definition) is 2. The summed E-state index contributed by atoms with van der Waals surface area (Å²) in [5.74, 6) is 0. The molecule has 0 bridgehead atoms. The van der Waals surface area contributed by atoms with E-state index >= 15 is 0 Å². The molecule has 0 nitrogen and oxygen atoms in total. The Balaban J connectivity index is 1.63. The third kappa shape index (κ3) is 3.07. The molecule has 1 fully saturated rings. The molecule has 1 aromatic rings. The molecule has 1 aliphatic heterocycles. The maximum atomic E-state index is 6.31. The predicted octanol–water partition coefficient (Wildman–Crippen LogP) is 6.34. The minimum atomic E-state index is 0.497. The molecule has 118 valence electrons. The van der Waals surface area contributed by atoms with E-state index in [1.807, 2.05) is 19.1 Å². The van der Waals surface area contributed by atoms with Crippen LogP contribution in [0.3, 0.4) is 0 Å². The van der Waals surface area contributed by atoms with E-state index in [-0.39, 0.29) is 0 Å². The highest BCUT2D eigenvalue weighted by atomic mass is 35.5. The highest BCUT2D eigenvalue weighted by molar-refractivity contribution is 8.08. The SMILES string of the molecule is Cc1c(Cl)cc(C2=CC3SC4C=CC=CC4SC3C=C2)cc1Cl. The van der Waals surface area contributed by atoms with Crippen LogP contribution in [0.5, 0.6) is 0 Å². The van der Waals surface area contributed by atoms with Gasteiger partial charge in [0, 0.05) is 31.0 Å². The summed E-state index contributed by atoms with van der Waals surface area (Å²) < 4.78 is 0. The van der Waals surface area contributed by atoms with Crippen molar-refractivity contribution >= 4 is 52.3 Å². The summed E-state index contributed by atoms with van der Waals surface area (Å²) in [5, 5.41) is 3.66. The van der Waals surface area contributed by atoms with Crippen molar-refractivity contribution < 1.29 is 0 Å². The Hall–Kier alpha value is -0.540. The second-order valence-corrected chi connectivity index (χ2v) is 9.48. The molecule has 4 rings (SSSR count). The van der Waals surface area contributed by atoms with Gasteiger partial charge in [0.15, 0.2) is 0 Å². The summed E-state index contributed by atoms with van der Waals surface area (Å²) in [6, 6.07) is 4.04. The van der Waals surface area contributed by atoms with Gasteiger partial charge in [-0.1, -0.05) is 65.7 Å². The van der Waals surface area contributed by atoms with Gasteiger partial charge in [0.25, 0.3) is 0 Å². The molecule has 0 radical (unpaired) electrons. The third-order valence-corrected chi connectivity index (χ3v) is 8.58. The van der Waals surface area contributed by atoms with Gasteiger partial charge in [-0.25, -0.2) is 0 Å². The Kier molecular flexibility index (Phi) is 4.44. The van der Waals surface area contributed by atoms with Gasteiger partial charge < -0.3 is 0 Å². The van der Waals surface area contributed by atoms with E-state index in [9.17, 15) is 0 Å². The topological polar surface area (TPSA) is 0 Å². The Bertz CT molecular complexity index is 738. The van der Waals surface area contributed by atoms with Gasteiger partial charge in [0.05, 0.1) is 0 Å². The molecule has 0 N–H and O–H groups in total. The molecule has 2 aliphatic carbocycles. The molecule has 4 unspecified atom stereocenters. The van der Waals surface area contributed by atoms with Gasteiger partial charge in [-0.15, -0.1) is 23.5 Å². The fourth-order valence-electron chi connectivity index (χ4n) is 3.05. The lowest BCUT2D eigenvalue weighted by Crippen LogP contribution is -2.34. The molecular formula is C19H16Cl2S2. The first kappa shape index (κ1) is 16.0. The van der Waals surface area contributed by atoms with Gasteiger partial charge in [-0.05, 0) is 35.8 Å². The molecule has 1 aromatic carbocycles. The molecule has 1 saturated heterocycles. The van der Waals surface area contributed by atoms with E-state index in [1.165, 1.54) is 5.57 Å². The van der Waals surface area contributed by atoms with Crippen LogP contribution < -0.4 is 0 Å². The monoisotopic (exact) mass is 378 g/mol. The molecule has 23 heavy (non-hydrogen) atoms. The normalized spacial score (nSPS) is 31.5. The average molecular weight is 379 g/mol. The minimum Gasteiger partial charge on any atom is -0.144 e. The average Bonchev–Trinajstić information content (AvgIpc) is 2.57. The van der Waals surface area contributed by atoms with Crippen molar-refractivity contribution in [1.29, 1.82) is 0 Å². The zero-order chi connectivity index (χ0) is 16.0. The zero-order valence-electron chi connectivity index (χ0n) is 12.6. The quantitative estimate of drug-likeness (QED) is 0.559. The minimum absolute atomic E-state index is 0.497. The fourth-order valence-corrected chi connectivity index (χ4v) is 6.76. The maximum Gasteiger partial charge on any atom is 0.0456 e. The number of rotatable bonds is 1. The van der Waals surface area contributed by atoms with Crippen LogP contribution in [-0.4, -0.2) is 21.0 Å². The molecule has 0 aromatic heterocycles. The molecule has 3 aliphatic rings. The van der Waals surface area contributed by atoms with E-state index in [2.05, 4.69) is 66.1 Å². The third-order valence-electron chi connectivity index (χ3n) is 4.41. The Labute approximate surface area is 155 Å². The second kappa shape index (κ2) is 6.40. The molecular weight excluding hydrogens is 363 g/mol. The van der Waals surface area contributed by atoms with Gasteiger partial charge in [-0.2, -0.15) is 0 Å². The highest BCUT2D eigenvalue weighted by Gasteiger charge is 2.36. The molecule has 0 amide bonds.